The van der Waals surface area contributed by atoms with Gasteiger partial charge in [-0.2, -0.15) is 0 Å². The smallest absolute Gasteiger partial charge is 0.123 e. The summed E-state index contributed by atoms with van der Waals surface area (Å²) in [5.74, 6) is -0.161. The minimum absolute atomic E-state index is 0.161. The van der Waals surface area contributed by atoms with Crippen LogP contribution in [-0.4, -0.2) is 35.2 Å². The number of hydrogen-bond acceptors (Lipinski definition) is 2. The normalized spacial score (nSPS) is 22.3. The highest BCUT2D eigenvalue weighted by Gasteiger charge is 2.25. The molecule has 0 aliphatic carbocycles. The second-order valence-electron chi connectivity index (χ2n) is 5.19. The lowest BCUT2D eigenvalue weighted by Crippen LogP contribution is -2.37. The zero-order valence-corrected chi connectivity index (χ0v) is 11.0. The van der Waals surface area contributed by atoms with E-state index in [1.165, 1.54) is 12.5 Å². The molecule has 0 saturated carbocycles. The van der Waals surface area contributed by atoms with E-state index >= 15 is 0 Å². The average Bonchev–Trinajstić information content (AvgIpc) is 2.76. The Hall–Kier alpha value is -0.930. The van der Waals surface area contributed by atoms with Gasteiger partial charge in [0.25, 0.3) is 0 Å². The van der Waals surface area contributed by atoms with Crippen LogP contribution in [0.15, 0.2) is 24.3 Å². The van der Waals surface area contributed by atoms with Gasteiger partial charge >= 0.3 is 0 Å². The summed E-state index contributed by atoms with van der Waals surface area (Å²) < 4.78 is 13.1. The number of benzene rings is 1. The molecular formula is C15H22FNO. The van der Waals surface area contributed by atoms with Crippen LogP contribution in [0.25, 0.3) is 0 Å². The van der Waals surface area contributed by atoms with Crippen LogP contribution in [0.3, 0.4) is 0 Å². The van der Waals surface area contributed by atoms with E-state index in [0.29, 0.717) is 6.04 Å². The van der Waals surface area contributed by atoms with E-state index < -0.39 is 0 Å². The molecule has 1 aromatic rings. The SMILES string of the molecule is CCC(O)CN1CCCC1Cc1cccc(F)c1. The highest BCUT2D eigenvalue weighted by Crippen LogP contribution is 2.22. The molecule has 2 rings (SSSR count). The number of rotatable bonds is 5. The Morgan fingerprint density at radius 2 is 2.33 bits per heavy atom. The van der Waals surface area contributed by atoms with E-state index in [2.05, 4.69) is 4.90 Å². The van der Waals surface area contributed by atoms with Gasteiger partial charge in [0.15, 0.2) is 0 Å². The first kappa shape index (κ1) is 13.5. The summed E-state index contributed by atoms with van der Waals surface area (Å²) in [6.07, 6.45) is 3.76. The number of likely N-dealkylation sites (tertiary alicyclic amines) is 1. The third-order valence-corrected chi connectivity index (χ3v) is 3.78. The van der Waals surface area contributed by atoms with Gasteiger partial charge in [0.2, 0.25) is 0 Å². The molecule has 18 heavy (non-hydrogen) atoms. The predicted molar refractivity (Wildman–Crippen MR) is 71.0 cm³/mol. The van der Waals surface area contributed by atoms with Gasteiger partial charge in [-0.15, -0.1) is 0 Å². The molecule has 1 fully saturated rings. The molecule has 1 N–H and O–H groups in total. The van der Waals surface area contributed by atoms with Crippen LogP contribution >= 0.6 is 0 Å². The van der Waals surface area contributed by atoms with Gasteiger partial charge in [-0.25, -0.2) is 4.39 Å². The van der Waals surface area contributed by atoms with Crippen LogP contribution in [0, 0.1) is 5.82 Å². The maximum absolute atomic E-state index is 13.1. The number of β-amino-alcohol motifs (C(OH)–C–C–N with tert-alkyl or cyclic N) is 1. The Labute approximate surface area is 108 Å². The molecule has 0 bridgehead atoms. The van der Waals surface area contributed by atoms with Crippen molar-refractivity contribution in [1.82, 2.24) is 4.90 Å². The number of aliphatic hydroxyl groups is 1. The minimum atomic E-state index is -0.238. The summed E-state index contributed by atoms with van der Waals surface area (Å²) in [5.41, 5.74) is 1.05. The number of hydrogen-bond donors (Lipinski definition) is 1. The lowest BCUT2D eigenvalue weighted by atomic mass is 10.0. The van der Waals surface area contributed by atoms with Crippen LogP contribution < -0.4 is 0 Å². The molecule has 2 atom stereocenters. The molecule has 0 amide bonds. The van der Waals surface area contributed by atoms with Crippen molar-refractivity contribution in [2.45, 2.75) is 44.8 Å². The molecule has 1 aromatic carbocycles. The summed E-state index contributed by atoms with van der Waals surface area (Å²) in [5, 5.41) is 9.74. The van der Waals surface area contributed by atoms with Gasteiger partial charge in [0, 0.05) is 12.6 Å². The van der Waals surface area contributed by atoms with Crippen molar-refractivity contribution in [3.8, 4) is 0 Å². The molecule has 1 aliphatic rings. The lowest BCUT2D eigenvalue weighted by molar-refractivity contribution is 0.103. The van der Waals surface area contributed by atoms with Gasteiger partial charge in [0.05, 0.1) is 6.10 Å². The molecule has 2 nitrogen and oxygen atoms in total. The largest absolute Gasteiger partial charge is 0.392 e. The molecule has 0 spiro atoms. The third kappa shape index (κ3) is 3.53. The van der Waals surface area contributed by atoms with Crippen molar-refractivity contribution in [1.29, 1.82) is 0 Å². The second kappa shape index (κ2) is 6.30. The Morgan fingerprint density at radius 3 is 3.06 bits per heavy atom. The molecule has 1 heterocycles. The average molecular weight is 251 g/mol. The Morgan fingerprint density at radius 1 is 1.50 bits per heavy atom. The van der Waals surface area contributed by atoms with Crippen LogP contribution in [0.1, 0.15) is 31.7 Å². The van der Waals surface area contributed by atoms with Crippen molar-refractivity contribution in [2.24, 2.45) is 0 Å². The number of nitrogens with zero attached hydrogens (tertiary/aromatic N) is 1. The maximum Gasteiger partial charge on any atom is 0.123 e. The molecule has 0 aromatic heterocycles. The van der Waals surface area contributed by atoms with E-state index in [1.54, 1.807) is 12.1 Å². The molecule has 2 unspecified atom stereocenters. The van der Waals surface area contributed by atoms with Gasteiger partial charge in [0.1, 0.15) is 5.82 Å². The first-order chi connectivity index (χ1) is 8.69. The van der Waals surface area contributed by atoms with Gasteiger partial charge < -0.3 is 5.11 Å². The third-order valence-electron chi connectivity index (χ3n) is 3.78. The van der Waals surface area contributed by atoms with E-state index in [4.69, 9.17) is 0 Å². The van der Waals surface area contributed by atoms with Crippen molar-refractivity contribution in [3.63, 3.8) is 0 Å². The quantitative estimate of drug-likeness (QED) is 0.869. The summed E-state index contributed by atoms with van der Waals surface area (Å²) in [7, 11) is 0. The first-order valence-electron chi connectivity index (χ1n) is 6.85. The fraction of sp³-hybridized carbons (Fsp3) is 0.600. The number of aliphatic hydroxyl groups excluding tert-OH is 1. The molecule has 1 saturated heterocycles. The number of halogens is 1. The lowest BCUT2D eigenvalue weighted by Gasteiger charge is -2.26. The summed E-state index contributed by atoms with van der Waals surface area (Å²) >= 11 is 0. The summed E-state index contributed by atoms with van der Waals surface area (Å²) in [6.45, 7) is 3.80. The van der Waals surface area contributed by atoms with Crippen LogP contribution in [0.5, 0.6) is 0 Å². The molecule has 1 aliphatic heterocycles. The Bertz CT molecular complexity index is 383. The van der Waals surface area contributed by atoms with Crippen molar-refractivity contribution in [2.75, 3.05) is 13.1 Å². The Kier molecular flexibility index (Phi) is 4.72. The zero-order chi connectivity index (χ0) is 13.0. The van der Waals surface area contributed by atoms with Crippen LogP contribution in [0.2, 0.25) is 0 Å². The zero-order valence-electron chi connectivity index (χ0n) is 11.0. The van der Waals surface area contributed by atoms with Gasteiger partial charge in [-0.3, -0.25) is 4.90 Å². The summed E-state index contributed by atoms with van der Waals surface area (Å²) in [4.78, 5) is 2.35. The fourth-order valence-corrected chi connectivity index (χ4v) is 2.70. The van der Waals surface area contributed by atoms with E-state index in [9.17, 15) is 9.50 Å². The van der Waals surface area contributed by atoms with Crippen molar-refractivity contribution >= 4 is 0 Å². The second-order valence-corrected chi connectivity index (χ2v) is 5.19. The minimum Gasteiger partial charge on any atom is -0.392 e. The topological polar surface area (TPSA) is 23.5 Å². The van der Waals surface area contributed by atoms with Crippen LogP contribution in [-0.2, 0) is 6.42 Å². The molecule has 100 valence electrons. The molecule has 3 heteroatoms. The maximum atomic E-state index is 13.1. The predicted octanol–water partition coefficient (Wildman–Crippen LogP) is 2.60. The summed E-state index contributed by atoms with van der Waals surface area (Å²) in [6, 6.07) is 7.30. The van der Waals surface area contributed by atoms with Crippen molar-refractivity contribution in [3.05, 3.63) is 35.6 Å². The van der Waals surface area contributed by atoms with E-state index in [1.807, 2.05) is 13.0 Å². The molecule has 0 radical (unpaired) electrons. The first-order valence-corrected chi connectivity index (χ1v) is 6.85. The Balaban J connectivity index is 1.95. The van der Waals surface area contributed by atoms with E-state index in [-0.39, 0.29) is 11.9 Å². The van der Waals surface area contributed by atoms with E-state index in [0.717, 1.165) is 37.9 Å². The highest BCUT2D eigenvalue weighted by atomic mass is 19.1. The highest BCUT2D eigenvalue weighted by molar-refractivity contribution is 5.17. The van der Waals surface area contributed by atoms with Gasteiger partial charge in [-0.1, -0.05) is 19.1 Å². The standard InChI is InChI=1S/C15H22FNO/c1-2-15(18)11-17-8-4-7-14(17)10-12-5-3-6-13(16)9-12/h3,5-6,9,14-15,18H,2,4,7-8,10-11H2,1H3. The van der Waals surface area contributed by atoms with Crippen LogP contribution in [0.4, 0.5) is 4.39 Å². The van der Waals surface area contributed by atoms with Crippen molar-refractivity contribution < 1.29 is 9.50 Å². The monoisotopic (exact) mass is 251 g/mol. The fourth-order valence-electron chi connectivity index (χ4n) is 2.70. The molecular weight excluding hydrogens is 229 g/mol. The van der Waals surface area contributed by atoms with Gasteiger partial charge in [-0.05, 0) is 49.9 Å².